The molecule has 0 spiro atoms. The van der Waals surface area contributed by atoms with E-state index in [0.717, 1.165) is 66.3 Å². The van der Waals surface area contributed by atoms with Crippen LogP contribution in [0.4, 0.5) is 0 Å². The summed E-state index contributed by atoms with van der Waals surface area (Å²) in [6.07, 6.45) is 7.69. The quantitative estimate of drug-likeness (QED) is 0.585. The number of benzene rings is 1. The van der Waals surface area contributed by atoms with Gasteiger partial charge in [0.1, 0.15) is 0 Å². The van der Waals surface area contributed by atoms with Crippen molar-refractivity contribution in [2.75, 3.05) is 18.9 Å². The Kier molecular flexibility index (Phi) is 6.00. The maximum atomic E-state index is 12.9. The number of para-hydroxylation sites is 1. The lowest BCUT2D eigenvalue weighted by Gasteiger charge is -2.33. The molecule has 0 radical (unpaired) electrons. The van der Waals surface area contributed by atoms with Gasteiger partial charge in [0.05, 0.1) is 18.4 Å². The van der Waals surface area contributed by atoms with Gasteiger partial charge < -0.3 is 14.6 Å². The van der Waals surface area contributed by atoms with E-state index < -0.39 is 0 Å². The number of fused-ring (bicyclic) bond motifs is 1. The van der Waals surface area contributed by atoms with Crippen LogP contribution in [0, 0.1) is 0 Å². The number of thioether (sulfide) groups is 1. The van der Waals surface area contributed by atoms with Gasteiger partial charge in [-0.15, -0.1) is 10.2 Å². The largest absolute Gasteiger partial charge is 0.376 e. The van der Waals surface area contributed by atoms with E-state index in [1.54, 1.807) is 0 Å². The number of nitrogens with one attached hydrogen (secondary N) is 1. The first-order valence-corrected chi connectivity index (χ1v) is 12.2. The summed E-state index contributed by atoms with van der Waals surface area (Å²) in [4.78, 5) is 18.2. The number of ether oxygens (including phenoxy) is 1. The second-order valence-corrected chi connectivity index (χ2v) is 9.46. The number of amides is 1. The third kappa shape index (κ3) is 4.23. The molecular weight excluding hydrogens is 410 g/mol. The average Bonchev–Trinajstić information content (AvgIpc) is 3.53. The molecule has 8 heteroatoms. The third-order valence-corrected chi connectivity index (χ3v) is 7.36. The van der Waals surface area contributed by atoms with Gasteiger partial charge in [-0.3, -0.25) is 9.36 Å². The first-order chi connectivity index (χ1) is 15.2. The second-order valence-electron chi connectivity index (χ2n) is 8.52. The molecule has 5 rings (SSSR count). The van der Waals surface area contributed by atoms with Crippen molar-refractivity contribution < 1.29 is 9.53 Å². The lowest BCUT2D eigenvalue weighted by Crippen LogP contribution is -2.43. The summed E-state index contributed by atoms with van der Waals surface area (Å²) in [6, 6.07) is 8.55. The van der Waals surface area contributed by atoms with Gasteiger partial charge >= 0.3 is 0 Å². The summed E-state index contributed by atoms with van der Waals surface area (Å²) in [5.41, 5.74) is 2.11. The molecule has 2 aliphatic rings. The SMILES string of the molecule is CC1CCCCN1C(=O)CSc1nnc(-c2c[nH]c3ccccc23)n1CC1CCCO1. The molecule has 2 atom stereocenters. The van der Waals surface area contributed by atoms with Crippen molar-refractivity contribution in [3.8, 4) is 11.4 Å². The van der Waals surface area contributed by atoms with E-state index in [9.17, 15) is 4.79 Å². The number of aromatic amines is 1. The van der Waals surface area contributed by atoms with Crippen molar-refractivity contribution in [2.45, 2.75) is 62.9 Å². The molecular formula is C23H29N5O2S. The van der Waals surface area contributed by atoms with E-state index in [4.69, 9.17) is 4.74 Å². The zero-order valence-corrected chi connectivity index (χ0v) is 18.7. The molecule has 164 valence electrons. The van der Waals surface area contributed by atoms with E-state index in [0.29, 0.717) is 18.3 Å². The van der Waals surface area contributed by atoms with Crippen molar-refractivity contribution in [3.63, 3.8) is 0 Å². The van der Waals surface area contributed by atoms with Gasteiger partial charge in [0, 0.05) is 41.9 Å². The average molecular weight is 440 g/mol. The Bertz CT molecular complexity index is 1060. The Morgan fingerprint density at radius 1 is 1.23 bits per heavy atom. The Morgan fingerprint density at radius 2 is 2.13 bits per heavy atom. The number of likely N-dealkylation sites (tertiary alicyclic amines) is 1. The second kappa shape index (κ2) is 9.04. The smallest absolute Gasteiger partial charge is 0.233 e. The summed E-state index contributed by atoms with van der Waals surface area (Å²) in [7, 11) is 0. The molecule has 4 heterocycles. The Morgan fingerprint density at radius 3 is 2.97 bits per heavy atom. The highest BCUT2D eigenvalue weighted by atomic mass is 32.2. The fraction of sp³-hybridized carbons (Fsp3) is 0.522. The fourth-order valence-electron chi connectivity index (χ4n) is 4.69. The number of carbonyl (C=O) groups is 1. The van der Waals surface area contributed by atoms with Gasteiger partial charge in [0.2, 0.25) is 5.91 Å². The minimum atomic E-state index is 0.164. The van der Waals surface area contributed by atoms with Gasteiger partial charge in [-0.1, -0.05) is 30.0 Å². The molecule has 1 amide bonds. The Labute approximate surface area is 186 Å². The van der Waals surface area contributed by atoms with Crippen molar-refractivity contribution >= 4 is 28.6 Å². The monoisotopic (exact) mass is 439 g/mol. The molecule has 2 unspecified atom stereocenters. The van der Waals surface area contributed by atoms with Crippen LogP contribution in [-0.2, 0) is 16.1 Å². The molecule has 3 aromatic rings. The highest BCUT2D eigenvalue weighted by Gasteiger charge is 2.26. The zero-order chi connectivity index (χ0) is 21.2. The van der Waals surface area contributed by atoms with Gasteiger partial charge in [-0.2, -0.15) is 0 Å². The minimum absolute atomic E-state index is 0.164. The molecule has 1 aromatic carbocycles. The minimum Gasteiger partial charge on any atom is -0.376 e. The first-order valence-electron chi connectivity index (χ1n) is 11.2. The van der Waals surface area contributed by atoms with Crippen LogP contribution in [0.3, 0.4) is 0 Å². The summed E-state index contributed by atoms with van der Waals surface area (Å²) in [6.45, 7) is 4.53. The van der Waals surface area contributed by atoms with E-state index in [2.05, 4.69) is 38.8 Å². The molecule has 1 N–H and O–H groups in total. The number of piperidine rings is 1. The maximum absolute atomic E-state index is 12.9. The number of H-pyrrole nitrogens is 1. The van der Waals surface area contributed by atoms with Gasteiger partial charge in [-0.05, 0) is 45.1 Å². The predicted octanol–water partition coefficient (Wildman–Crippen LogP) is 4.10. The Balaban J connectivity index is 1.41. The molecule has 0 saturated carbocycles. The molecule has 2 aliphatic heterocycles. The van der Waals surface area contributed by atoms with E-state index in [1.165, 1.54) is 18.2 Å². The van der Waals surface area contributed by atoms with E-state index >= 15 is 0 Å². The highest BCUT2D eigenvalue weighted by molar-refractivity contribution is 7.99. The molecule has 2 saturated heterocycles. The van der Waals surface area contributed by atoms with Crippen molar-refractivity contribution in [2.24, 2.45) is 0 Å². The van der Waals surface area contributed by atoms with Crippen LogP contribution in [0.25, 0.3) is 22.3 Å². The van der Waals surface area contributed by atoms with Crippen LogP contribution >= 0.6 is 11.8 Å². The topological polar surface area (TPSA) is 76.0 Å². The number of hydrogen-bond acceptors (Lipinski definition) is 5. The number of nitrogens with zero attached hydrogens (tertiary/aromatic N) is 4. The summed E-state index contributed by atoms with van der Waals surface area (Å²) in [5, 5.41) is 11.0. The van der Waals surface area contributed by atoms with Gasteiger partial charge in [-0.25, -0.2) is 0 Å². The number of aromatic nitrogens is 4. The normalized spacial score (nSPS) is 21.8. The predicted molar refractivity (Wildman–Crippen MR) is 122 cm³/mol. The number of rotatable bonds is 6. The lowest BCUT2D eigenvalue weighted by atomic mass is 10.0. The molecule has 0 aliphatic carbocycles. The molecule has 31 heavy (non-hydrogen) atoms. The van der Waals surface area contributed by atoms with Crippen LogP contribution in [0.5, 0.6) is 0 Å². The van der Waals surface area contributed by atoms with Crippen LogP contribution in [0.2, 0.25) is 0 Å². The van der Waals surface area contributed by atoms with Crippen molar-refractivity contribution in [1.82, 2.24) is 24.6 Å². The van der Waals surface area contributed by atoms with Gasteiger partial charge in [0.25, 0.3) is 0 Å². The summed E-state index contributed by atoms with van der Waals surface area (Å²) < 4.78 is 8.05. The lowest BCUT2D eigenvalue weighted by molar-refractivity contribution is -0.131. The van der Waals surface area contributed by atoms with E-state index in [1.807, 2.05) is 23.2 Å². The van der Waals surface area contributed by atoms with Gasteiger partial charge in [0.15, 0.2) is 11.0 Å². The van der Waals surface area contributed by atoms with Crippen LogP contribution < -0.4 is 0 Å². The standard InChI is InChI=1S/C23H29N5O2S/c1-16-7-4-5-11-27(16)21(29)15-31-23-26-25-22(28(23)14-17-8-6-12-30-17)19-13-24-20-10-3-2-9-18(19)20/h2-3,9-10,13,16-17,24H,4-8,11-12,14-15H2,1H3. The summed E-state index contributed by atoms with van der Waals surface area (Å²) >= 11 is 1.49. The van der Waals surface area contributed by atoms with Crippen LogP contribution in [0.1, 0.15) is 39.0 Å². The maximum Gasteiger partial charge on any atom is 0.233 e. The fourth-order valence-corrected chi connectivity index (χ4v) is 5.52. The molecule has 2 fully saturated rings. The summed E-state index contributed by atoms with van der Waals surface area (Å²) in [5.74, 6) is 1.41. The molecule has 7 nitrogen and oxygen atoms in total. The molecule has 2 aromatic heterocycles. The van der Waals surface area contributed by atoms with Crippen LogP contribution in [0.15, 0.2) is 35.6 Å². The Hall–Kier alpha value is -2.32. The number of carbonyl (C=O) groups excluding carboxylic acids is 1. The molecule has 0 bridgehead atoms. The van der Waals surface area contributed by atoms with E-state index in [-0.39, 0.29) is 12.0 Å². The first kappa shape index (κ1) is 20.6. The third-order valence-electron chi connectivity index (χ3n) is 6.41. The highest BCUT2D eigenvalue weighted by Crippen LogP contribution is 2.31. The number of hydrogen-bond donors (Lipinski definition) is 1. The van der Waals surface area contributed by atoms with Crippen LogP contribution in [-0.4, -0.2) is 61.6 Å². The zero-order valence-electron chi connectivity index (χ0n) is 17.9. The van der Waals surface area contributed by atoms with Crippen molar-refractivity contribution in [1.29, 1.82) is 0 Å². The van der Waals surface area contributed by atoms with Crippen molar-refractivity contribution in [3.05, 3.63) is 30.5 Å².